The molecule has 0 unspecified atom stereocenters. The fourth-order valence-electron chi connectivity index (χ4n) is 7.06. The maximum Gasteiger partial charge on any atom is 0.214 e. The van der Waals surface area contributed by atoms with Gasteiger partial charge in [-0.25, -0.2) is 8.78 Å². The highest BCUT2D eigenvalue weighted by atomic mass is 35.5. The second-order valence-corrected chi connectivity index (χ2v) is 13.2. The molecule has 2 aromatic rings. The van der Waals surface area contributed by atoms with Gasteiger partial charge in [0, 0.05) is 49.6 Å². The molecule has 2 aromatic carbocycles. The summed E-state index contributed by atoms with van der Waals surface area (Å²) in [7, 11) is 0. The lowest BCUT2D eigenvalue weighted by Crippen LogP contribution is -2.36. The van der Waals surface area contributed by atoms with Gasteiger partial charge in [-0.1, -0.05) is 50.4 Å². The fourth-order valence-corrected chi connectivity index (χ4v) is 7.23. The van der Waals surface area contributed by atoms with Crippen molar-refractivity contribution in [2.45, 2.75) is 110 Å². The molecule has 0 spiro atoms. The van der Waals surface area contributed by atoms with Crippen molar-refractivity contribution in [2.24, 2.45) is 11.7 Å². The average molecular weight is 632 g/mol. The minimum Gasteiger partial charge on any atom is -0.370 e. The van der Waals surface area contributed by atoms with Crippen LogP contribution in [-0.2, 0) is 16.0 Å². The Kier molecular flexibility index (Phi) is 14.6. The summed E-state index contributed by atoms with van der Waals surface area (Å²) in [6.07, 6.45) is 12.9. The van der Waals surface area contributed by atoms with Gasteiger partial charge in [0.05, 0.1) is 0 Å². The summed E-state index contributed by atoms with van der Waals surface area (Å²) >= 11 is 6.29. The van der Waals surface area contributed by atoms with Crippen molar-refractivity contribution in [1.82, 2.24) is 9.80 Å². The number of carbonyl (C=O) groups excluding carboxylic acids is 2. The minimum atomic E-state index is -0.482. The van der Waals surface area contributed by atoms with E-state index in [0.29, 0.717) is 17.5 Å². The Hall–Kier alpha value is -2.51. The van der Waals surface area contributed by atoms with E-state index >= 15 is 0 Å². The van der Waals surface area contributed by atoms with Gasteiger partial charge in [-0.15, -0.1) is 0 Å². The number of likely N-dealkylation sites (tertiary alicyclic amines) is 2. The zero-order chi connectivity index (χ0) is 32.2. The Labute approximate surface area is 268 Å². The predicted molar refractivity (Wildman–Crippen MR) is 176 cm³/mol. The van der Waals surface area contributed by atoms with Crippen LogP contribution in [0.1, 0.15) is 113 Å². The zero-order valence-electron chi connectivity index (χ0n) is 27.1. The first-order valence-electron chi connectivity index (χ1n) is 16.5. The Bertz CT molecular complexity index is 1210. The molecule has 2 aliphatic heterocycles. The summed E-state index contributed by atoms with van der Waals surface area (Å²) in [6.45, 7) is 11.6. The number of benzene rings is 2. The van der Waals surface area contributed by atoms with Gasteiger partial charge in [0.15, 0.2) is 0 Å². The summed E-state index contributed by atoms with van der Waals surface area (Å²) in [6, 6.07) is 9.11. The number of rotatable bonds is 7. The molecule has 1 aliphatic carbocycles. The van der Waals surface area contributed by atoms with Gasteiger partial charge in [-0.2, -0.15) is 0 Å². The molecule has 44 heavy (non-hydrogen) atoms. The molecule has 3 fully saturated rings. The lowest BCUT2D eigenvalue weighted by Gasteiger charge is -2.34. The monoisotopic (exact) mass is 631 g/mol. The molecule has 244 valence electrons. The van der Waals surface area contributed by atoms with Crippen LogP contribution in [0.25, 0.3) is 0 Å². The normalized spacial score (nSPS) is 22.4. The van der Waals surface area contributed by atoms with Gasteiger partial charge < -0.3 is 10.6 Å². The number of carbonyl (C=O) groups is 2. The summed E-state index contributed by atoms with van der Waals surface area (Å²) in [5.74, 6) is 0.500. The number of halogens is 3. The van der Waals surface area contributed by atoms with Gasteiger partial charge in [-0.3, -0.25) is 14.5 Å². The smallest absolute Gasteiger partial charge is 0.214 e. The topological polar surface area (TPSA) is 66.6 Å². The van der Waals surface area contributed by atoms with Crippen molar-refractivity contribution in [3.8, 4) is 0 Å². The standard InChI is InChI=1S/C18H25F2N.C16H22ClNO.C2H5NO/c1-2-13-3-6-16(7-4-13)21-10-9-14(12-21)17-8-5-15(19)11-18(17)20;1-3-4-14-9-12(2)16(17)10-15(14)13-5-7-18(11-19)8-6-13;1-2(3)4/h5,8,11,13-14,16H,2-4,6-7,9-10,12H2,1H3;9-11,13H,3-8H2,1-2H3;1H3,(H2,3,4)/t13?,14-,16?;;/m0../s1. The van der Waals surface area contributed by atoms with E-state index in [1.54, 1.807) is 6.07 Å². The van der Waals surface area contributed by atoms with E-state index in [0.717, 1.165) is 81.7 Å². The van der Waals surface area contributed by atoms with Crippen molar-refractivity contribution in [3.05, 3.63) is 69.2 Å². The van der Waals surface area contributed by atoms with Crippen molar-refractivity contribution >= 4 is 23.9 Å². The Balaban J connectivity index is 0.000000216. The Morgan fingerprint density at radius 3 is 2.16 bits per heavy atom. The van der Waals surface area contributed by atoms with Crippen molar-refractivity contribution < 1.29 is 18.4 Å². The molecule has 2 amide bonds. The molecule has 1 saturated carbocycles. The third kappa shape index (κ3) is 10.5. The van der Waals surface area contributed by atoms with Crippen LogP contribution >= 0.6 is 11.6 Å². The largest absolute Gasteiger partial charge is 0.370 e. The van der Waals surface area contributed by atoms with Crippen LogP contribution in [0.2, 0.25) is 5.02 Å². The van der Waals surface area contributed by atoms with Crippen LogP contribution < -0.4 is 5.73 Å². The number of amides is 2. The number of primary amides is 1. The third-order valence-electron chi connectivity index (χ3n) is 9.59. The maximum absolute atomic E-state index is 13.9. The third-order valence-corrected chi connectivity index (χ3v) is 10.00. The van der Waals surface area contributed by atoms with Crippen molar-refractivity contribution in [1.29, 1.82) is 0 Å². The van der Waals surface area contributed by atoms with E-state index in [2.05, 4.69) is 43.5 Å². The molecule has 0 radical (unpaired) electrons. The molecule has 8 heteroatoms. The fraction of sp³-hybridized carbons (Fsp3) is 0.611. The van der Waals surface area contributed by atoms with E-state index in [1.807, 2.05) is 4.90 Å². The first-order chi connectivity index (χ1) is 21.1. The highest BCUT2D eigenvalue weighted by Crippen LogP contribution is 2.36. The maximum atomic E-state index is 13.9. The first-order valence-corrected chi connectivity index (χ1v) is 16.9. The minimum absolute atomic E-state index is 0.231. The van der Waals surface area contributed by atoms with E-state index in [4.69, 9.17) is 11.6 Å². The summed E-state index contributed by atoms with van der Waals surface area (Å²) in [4.78, 5) is 24.4. The van der Waals surface area contributed by atoms with Gasteiger partial charge in [0.2, 0.25) is 12.3 Å². The summed E-state index contributed by atoms with van der Waals surface area (Å²) < 4.78 is 26.9. The van der Waals surface area contributed by atoms with Crippen LogP contribution in [0, 0.1) is 24.5 Å². The van der Waals surface area contributed by atoms with Crippen LogP contribution in [0.3, 0.4) is 0 Å². The molecule has 3 aliphatic rings. The molecule has 5 rings (SSSR count). The van der Waals surface area contributed by atoms with Crippen LogP contribution in [0.15, 0.2) is 30.3 Å². The zero-order valence-corrected chi connectivity index (χ0v) is 27.9. The Morgan fingerprint density at radius 1 is 0.955 bits per heavy atom. The molecular formula is C36H52ClF2N3O2. The second kappa shape index (κ2) is 17.8. The van der Waals surface area contributed by atoms with E-state index < -0.39 is 5.82 Å². The molecule has 0 bridgehead atoms. The van der Waals surface area contributed by atoms with E-state index in [9.17, 15) is 18.4 Å². The average Bonchev–Trinajstić information content (AvgIpc) is 3.49. The molecule has 5 nitrogen and oxygen atoms in total. The summed E-state index contributed by atoms with van der Waals surface area (Å²) in [5.41, 5.74) is 9.18. The van der Waals surface area contributed by atoms with Crippen LogP contribution in [-0.4, -0.2) is 54.3 Å². The lowest BCUT2D eigenvalue weighted by molar-refractivity contribution is -0.119. The highest BCUT2D eigenvalue weighted by Gasteiger charge is 2.32. The SMILES string of the molecule is CC(N)=O.CCC1CCC(N2CC[C@H](c3ccc(F)cc3F)C2)CC1.CCCc1cc(C)c(Cl)cc1C1CCN(C=O)CC1. The molecule has 2 saturated heterocycles. The number of piperidine rings is 1. The molecule has 2 heterocycles. The van der Waals surface area contributed by atoms with E-state index in [1.165, 1.54) is 61.8 Å². The molecular weight excluding hydrogens is 580 g/mol. The molecule has 2 N–H and O–H groups in total. The molecule has 1 atom stereocenters. The van der Waals surface area contributed by atoms with Gasteiger partial charge in [-0.05, 0) is 111 Å². The number of nitrogens with two attached hydrogens (primary N) is 1. The number of nitrogens with zero attached hydrogens (tertiary/aromatic N) is 2. The first kappa shape index (κ1) is 36.0. The van der Waals surface area contributed by atoms with E-state index in [-0.39, 0.29) is 17.6 Å². The number of hydrogen-bond donors (Lipinski definition) is 1. The molecule has 0 aromatic heterocycles. The number of aryl methyl sites for hydroxylation is 2. The predicted octanol–water partition coefficient (Wildman–Crippen LogP) is 8.15. The van der Waals surface area contributed by atoms with Crippen LogP contribution in [0.4, 0.5) is 8.78 Å². The quantitative estimate of drug-likeness (QED) is 0.314. The summed E-state index contributed by atoms with van der Waals surface area (Å²) in [5, 5.41) is 0.868. The lowest BCUT2D eigenvalue weighted by atomic mass is 9.84. The van der Waals surface area contributed by atoms with Crippen molar-refractivity contribution in [3.63, 3.8) is 0 Å². The van der Waals surface area contributed by atoms with Gasteiger partial charge >= 0.3 is 0 Å². The highest BCUT2D eigenvalue weighted by molar-refractivity contribution is 6.31. The van der Waals surface area contributed by atoms with Gasteiger partial charge in [0.1, 0.15) is 11.6 Å². The number of hydrogen-bond acceptors (Lipinski definition) is 3. The van der Waals surface area contributed by atoms with Crippen molar-refractivity contribution in [2.75, 3.05) is 26.2 Å². The second-order valence-electron chi connectivity index (χ2n) is 12.8. The van der Waals surface area contributed by atoms with Crippen LogP contribution in [0.5, 0.6) is 0 Å². The van der Waals surface area contributed by atoms with Gasteiger partial charge in [0.25, 0.3) is 0 Å². The Morgan fingerprint density at radius 2 is 1.59 bits per heavy atom.